The van der Waals surface area contributed by atoms with Gasteiger partial charge in [0.05, 0.1) is 10.5 Å². The monoisotopic (exact) mass is 204 g/mol. The van der Waals surface area contributed by atoms with E-state index >= 15 is 0 Å². The first-order valence-corrected chi connectivity index (χ1v) is 3.50. The summed E-state index contributed by atoms with van der Waals surface area (Å²) in [5, 5.41) is 10.3. The second-order valence-corrected chi connectivity index (χ2v) is 2.56. The van der Waals surface area contributed by atoms with Gasteiger partial charge in [-0.3, -0.25) is 10.1 Å². The quantitative estimate of drug-likeness (QED) is 0.521. The Morgan fingerprint density at radius 2 is 1.93 bits per heavy atom. The fourth-order valence-electron chi connectivity index (χ4n) is 1.01. The molecule has 75 valence electrons. The zero-order valence-corrected chi connectivity index (χ0v) is 6.84. The number of nitro benzene ring substituents is 1. The summed E-state index contributed by atoms with van der Waals surface area (Å²) in [4.78, 5) is 9.41. The van der Waals surface area contributed by atoms with Gasteiger partial charge in [0.15, 0.2) is 0 Å². The molecule has 0 aromatic heterocycles. The molecule has 0 spiro atoms. The summed E-state index contributed by atoms with van der Waals surface area (Å²) in [6.45, 7) is 3.05. The normalized spacial score (nSPS) is 11.4. The van der Waals surface area contributed by atoms with Crippen molar-refractivity contribution in [2.24, 2.45) is 0 Å². The van der Waals surface area contributed by atoms with Crippen molar-refractivity contribution in [3.8, 4) is 0 Å². The van der Waals surface area contributed by atoms with E-state index in [0.717, 1.165) is 18.2 Å². The molecule has 0 atom stereocenters. The highest BCUT2D eigenvalue weighted by Crippen LogP contribution is 2.34. The number of alkyl halides is 3. The van der Waals surface area contributed by atoms with Crippen LogP contribution >= 0.6 is 0 Å². The third kappa shape index (κ3) is 1.84. The van der Waals surface area contributed by atoms with E-state index < -0.39 is 27.9 Å². The molecule has 0 saturated carbocycles. The van der Waals surface area contributed by atoms with Crippen LogP contribution in [0.15, 0.2) is 18.2 Å². The van der Waals surface area contributed by atoms with Crippen molar-refractivity contribution in [1.82, 2.24) is 0 Å². The lowest BCUT2D eigenvalue weighted by atomic mass is 10.1. The van der Waals surface area contributed by atoms with Crippen LogP contribution in [0, 0.1) is 17.0 Å². The van der Waals surface area contributed by atoms with Gasteiger partial charge in [-0.25, -0.2) is 0 Å². The minimum Gasteiger partial charge on any atom is -0.258 e. The molecule has 0 aliphatic rings. The van der Waals surface area contributed by atoms with Crippen molar-refractivity contribution in [2.75, 3.05) is 0 Å². The summed E-state index contributed by atoms with van der Waals surface area (Å²) in [6, 6.07) is 2.72. The predicted molar refractivity (Wildman–Crippen MR) is 42.6 cm³/mol. The van der Waals surface area contributed by atoms with E-state index in [4.69, 9.17) is 0 Å². The Hall–Kier alpha value is -1.59. The van der Waals surface area contributed by atoms with Gasteiger partial charge >= 0.3 is 6.18 Å². The number of rotatable bonds is 1. The van der Waals surface area contributed by atoms with Gasteiger partial charge < -0.3 is 0 Å². The molecule has 0 amide bonds. The summed E-state index contributed by atoms with van der Waals surface area (Å²) >= 11 is 0. The summed E-state index contributed by atoms with van der Waals surface area (Å²) < 4.78 is 36.7. The number of nitrogens with zero attached hydrogens (tertiary/aromatic N) is 1. The average molecular weight is 204 g/mol. The first-order valence-electron chi connectivity index (χ1n) is 3.50. The van der Waals surface area contributed by atoms with Crippen molar-refractivity contribution in [1.29, 1.82) is 0 Å². The minimum absolute atomic E-state index is 0.606. The van der Waals surface area contributed by atoms with Crippen LogP contribution in [0.5, 0.6) is 0 Å². The van der Waals surface area contributed by atoms with E-state index in [0.29, 0.717) is 0 Å². The van der Waals surface area contributed by atoms with Crippen molar-refractivity contribution >= 4 is 5.69 Å². The molecule has 3 nitrogen and oxygen atoms in total. The van der Waals surface area contributed by atoms with E-state index in [2.05, 4.69) is 6.92 Å². The lowest BCUT2D eigenvalue weighted by Gasteiger charge is -2.09. The molecule has 1 aromatic rings. The Balaban J connectivity index is 3.35. The maximum absolute atomic E-state index is 12.2. The fourth-order valence-corrected chi connectivity index (χ4v) is 1.01. The summed E-state index contributed by atoms with van der Waals surface area (Å²) in [7, 11) is 0. The summed E-state index contributed by atoms with van der Waals surface area (Å²) in [5.41, 5.74) is -2.31. The highest BCUT2D eigenvalue weighted by atomic mass is 19.4. The molecule has 0 aliphatic carbocycles. The first-order chi connectivity index (χ1) is 6.34. The Morgan fingerprint density at radius 3 is 2.36 bits per heavy atom. The largest absolute Gasteiger partial charge is 0.416 e. The topological polar surface area (TPSA) is 43.1 Å². The molecule has 1 rings (SSSR count). The third-order valence-corrected chi connectivity index (χ3v) is 1.65. The number of hydrogen-bond donors (Lipinski definition) is 0. The average Bonchev–Trinajstić information content (AvgIpc) is 2.01. The molecule has 0 unspecified atom stereocenters. The second-order valence-electron chi connectivity index (χ2n) is 2.56. The van der Waals surface area contributed by atoms with Crippen LogP contribution < -0.4 is 0 Å². The maximum atomic E-state index is 12.2. The van der Waals surface area contributed by atoms with E-state index in [1.807, 2.05) is 0 Å². The number of halogens is 3. The zero-order valence-electron chi connectivity index (χ0n) is 6.84. The van der Waals surface area contributed by atoms with Crippen molar-refractivity contribution in [2.45, 2.75) is 6.18 Å². The molecule has 0 N–H and O–H groups in total. The Kier molecular flexibility index (Phi) is 2.46. The lowest BCUT2D eigenvalue weighted by Crippen LogP contribution is -2.08. The highest BCUT2D eigenvalue weighted by molar-refractivity contribution is 5.48. The molecule has 1 radical (unpaired) electrons. The Bertz CT molecular complexity index is 373. The summed E-state index contributed by atoms with van der Waals surface area (Å²) in [6.07, 6.45) is -4.61. The molecule has 6 heteroatoms. The van der Waals surface area contributed by atoms with Crippen LogP contribution in [0.2, 0.25) is 0 Å². The fraction of sp³-hybridized carbons (Fsp3) is 0.125. The van der Waals surface area contributed by atoms with Gasteiger partial charge in [-0.2, -0.15) is 13.2 Å². The highest BCUT2D eigenvalue weighted by Gasteiger charge is 2.34. The standard InChI is InChI=1S/C8H5F3NO2/c1-5-6(8(9,10)11)3-2-4-7(5)12(13)14/h2-4H,1H2. The van der Waals surface area contributed by atoms with Crippen LogP contribution in [0.25, 0.3) is 0 Å². The van der Waals surface area contributed by atoms with Gasteiger partial charge in [0.1, 0.15) is 0 Å². The lowest BCUT2D eigenvalue weighted by molar-refractivity contribution is -0.385. The van der Waals surface area contributed by atoms with Crippen LogP contribution in [0.4, 0.5) is 18.9 Å². The molecule has 0 heterocycles. The van der Waals surface area contributed by atoms with Gasteiger partial charge in [-0.1, -0.05) is 6.07 Å². The molecule has 0 saturated heterocycles. The minimum atomic E-state index is -4.61. The van der Waals surface area contributed by atoms with Gasteiger partial charge in [0.25, 0.3) is 5.69 Å². The van der Waals surface area contributed by atoms with E-state index in [1.54, 1.807) is 0 Å². The van der Waals surface area contributed by atoms with Gasteiger partial charge in [0.2, 0.25) is 0 Å². The van der Waals surface area contributed by atoms with Crippen LogP contribution in [-0.2, 0) is 6.18 Å². The maximum Gasteiger partial charge on any atom is 0.416 e. The van der Waals surface area contributed by atoms with Crippen molar-refractivity contribution in [3.63, 3.8) is 0 Å². The van der Waals surface area contributed by atoms with E-state index in [9.17, 15) is 23.3 Å². The van der Waals surface area contributed by atoms with Gasteiger partial charge in [-0.05, 0) is 13.0 Å². The van der Waals surface area contributed by atoms with Gasteiger partial charge in [-0.15, -0.1) is 0 Å². The molecule has 0 bridgehead atoms. The SMILES string of the molecule is [CH2]c1c([N+](=O)[O-])cccc1C(F)(F)F. The van der Waals surface area contributed by atoms with E-state index in [1.165, 1.54) is 0 Å². The number of nitro groups is 1. The zero-order chi connectivity index (χ0) is 10.9. The smallest absolute Gasteiger partial charge is 0.258 e. The Morgan fingerprint density at radius 1 is 1.36 bits per heavy atom. The molecule has 0 fully saturated rings. The van der Waals surface area contributed by atoms with Crippen LogP contribution in [0.3, 0.4) is 0 Å². The third-order valence-electron chi connectivity index (χ3n) is 1.65. The molecule has 0 aliphatic heterocycles. The molecule has 1 aromatic carbocycles. The molecular formula is C8H5F3NO2. The second kappa shape index (κ2) is 3.28. The van der Waals surface area contributed by atoms with E-state index in [-0.39, 0.29) is 0 Å². The number of hydrogen-bond acceptors (Lipinski definition) is 2. The van der Waals surface area contributed by atoms with Gasteiger partial charge in [0, 0.05) is 11.6 Å². The van der Waals surface area contributed by atoms with Crippen molar-refractivity contribution in [3.05, 3.63) is 46.4 Å². The van der Waals surface area contributed by atoms with Crippen molar-refractivity contribution < 1.29 is 18.1 Å². The number of benzene rings is 1. The molecule has 14 heavy (non-hydrogen) atoms. The first kappa shape index (κ1) is 10.5. The molecular weight excluding hydrogens is 199 g/mol. The van der Waals surface area contributed by atoms with Crippen LogP contribution in [0.1, 0.15) is 11.1 Å². The Labute approximate surface area is 77.3 Å². The predicted octanol–water partition coefficient (Wildman–Crippen LogP) is 2.80. The summed E-state index contributed by atoms with van der Waals surface area (Å²) in [5.74, 6) is 0. The van der Waals surface area contributed by atoms with Crippen LogP contribution in [-0.4, -0.2) is 4.92 Å².